The van der Waals surface area contributed by atoms with E-state index in [-0.39, 0.29) is 18.2 Å². The van der Waals surface area contributed by atoms with Crippen LogP contribution < -0.4 is 15.0 Å². The fraction of sp³-hybridized carbons (Fsp3) is 0.579. The lowest BCUT2D eigenvalue weighted by Crippen LogP contribution is -2.45. The molecule has 1 atom stereocenters. The number of hydrogen-bond acceptors (Lipinski definition) is 4. The molecule has 0 saturated heterocycles. The Balaban J connectivity index is 1.73. The molecule has 0 saturated carbocycles. The number of fused-ring (bicyclic) bond motifs is 1. The van der Waals surface area contributed by atoms with E-state index in [1.165, 1.54) is 0 Å². The Morgan fingerprint density at radius 3 is 2.84 bits per heavy atom. The number of hydrogen-bond donors (Lipinski definition) is 1. The van der Waals surface area contributed by atoms with Gasteiger partial charge in [-0.05, 0) is 31.9 Å². The predicted molar refractivity (Wildman–Crippen MR) is 96.9 cm³/mol. The average molecular weight is 348 g/mol. The first-order valence-electron chi connectivity index (χ1n) is 9.05. The fourth-order valence-corrected chi connectivity index (χ4v) is 2.64. The molecule has 6 nitrogen and oxygen atoms in total. The summed E-state index contributed by atoms with van der Waals surface area (Å²) in [6.45, 7) is 6.23. The number of rotatable bonds is 10. The summed E-state index contributed by atoms with van der Waals surface area (Å²) in [7, 11) is 0. The van der Waals surface area contributed by atoms with Gasteiger partial charge in [-0.2, -0.15) is 0 Å². The Kier molecular flexibility index (Phi) is 7.73. The Labute approximate surface area is 149 Å². The third-order valence-corrected chi connectivity index (χ3v) is 4.07. The van der Waals surface area contributed by atoms with E-state index in [1.807, 2.05) is 24.3 Å². The van der Waals surface area contributed by atoms with E-state index in [4.69, 9.17) is 9.47 Å². The summed E-state index contributed by atoms with van der Waals surface area (Å²) in [5.74, 6) is 0.507. The smallest absolute Gasteiger partial charge is 0.267 e. The second kappa shape index (κ2) is 10.0. The molecule has 1 heterocycles. The monoisotopic (exact) mass is 348 g/mol. The number of anilines is 1. The second-order valence-electron chi connectivity index (χ2n) is 6.14. The van der Waals surface area contributed by atoms with Crippen LogP contribution in [-0.2, 0) is 14.3 Å². The second-order valence-corrected chi connectivity index (χ2v) is 6.14. The molecule has 25 heavy (non-hydrogen) atoms. The SMILES string of the molecule is CCCCOCCCNC(=O)CCN1C(=O)C(C)Oc2ccccc21. The van der Waals surface area contributed by atoms with Crippen molar-refractivity contribution in [3.8, 4) is 5.75 Å². The van der Waals surface area contributed by atoms with E-state index in [2.05, 4.69) is 12.2 Å². The summed E-state index contributed by atoms with van der Waals surface area (Å²) in [5, 5.41) is 2.88. The van der Waals surface area contributed by atoms with Crippen molar-refractivity contribution in [1.29, 1.82) is 0 Å². The highest BCUT2D eigenvalue weighted by Gasteiger charge is 2.31. The minimum Gasteiger partial charge on any atom is -0.479 e. The number of carbonyl (C=O) groups is 2. The molecule has 0 spiro atoms. The molecule has 0 bridgehead atoms. The Morgan fingerprint density at radius 2 is 2.04 bits per heavy atom. The van der Waals surface area contributed by atoms with Crippen LogP contribution in [0.2, 0.25) is 0 Å². The number of unbranched alkanes of at least 4 members (excludes halogenated alkanes) is 1. The van der Waals surface area contributed by atoms with Crippen LogP contribution in [0.15, 0.2) is 24.3 Å². The number of para-hydroxylation sites is 2. The third-order valence-electron chi connectivity index (χ3n) is 4.07. The van der Waals surface area contributed by atoms with E-state index < -0.39 is 6.10 Å². The molecule has 0 aromatic heterocycles. The summed E-state index contributed by atoms with van der Waals surface area (Å²) in [4.78, 5) is 26.0. The van der Waals surface area contributed by atoms with Crippen LogP contribution in [-0.4, -0.2) is 44.2 Å². The van der Waals surface area contributed by atoms with Gasteiger partial charge < -0.3 is 19.7 Å². The summed E-state index contributed by atoms with van der Waals surface area (Å²) in [5.41, 5.74) is 0.725. The first kappa shape index (κ1) is 19.2. The molecule has 138 valence electrons. The largest absolute Gasteiger partial charge is 0.479 e. The van der Waals surface area contributed by atoms with Crippen LogP contribution in [0.3, 0.4) is 0 Å². The van der Waals surface area contributed by atoms with Crippen LogP contribution >= 0.6 is 0 Å². The summed E-state index contributed by atoms with van der Waals surface area (Å²) < 4.78 is 11.1. The highest BCUT2D eigenvalue weighted by molar-refractivity contribution is 6.00. The highest BCUT2D eigenvalue weighted by atomic mass is 16.5. The van der Waals surface area contributed by atoms with Crippen LogP contribution in [0.25, 0.3) is 0 Å². The molecule has 0 radical (unpaired) electrons. The maximum Gasteiger partial charge on any atom is 0.267 e. The van der Waals surface area contributed by atoms with Crippen molar-refractivity contribution >= 4 is 17.5 Å². The molecule has 1 aliphatic heterocycles. The maximum atomic E-state index is 12.3. The first-order valence-corrected chi connectivity index (χ1v) is 9.05. The van der Waals surface area contributed by atoms with Gasteiger partial charge in [0.25, 0.3) is 5.91 Å². The molecular formula is C19H28N2O4. The molecule has 1 unspecified atom stereocenters. The van der Waals surface area contributed by atoms with E-state index in [1.54, 1.807) is 11.8 Å². The molecule has 1 aromatic carbocycles. The Hall–Kier alpha value is -2.08. The lowest BCUT2D eigenvalue weighted by Gasteiger charge is -2.32. The third kappa shape index (κ3) is 5.74. The normalized spacial score (nSPS) is 16.3. The van der Waals surface area contributed by atoms with Gasteiger partial charge in [0, 0.05) is 32.7 Å². The lowest BCUT2D eigenvalue weighted by molar-refractivity contribution is -0.125. The fourth-order valence-electron chi connectivity index (χ4n) is 2.64. The molecular weight excluding hydrogens is 320 g/mol. The molecule has 2 rings (SSSR count). The minimum absolute atomic E-state index is 0.0574. The van der Waals surface area contributed by atoms with Crippen LogP contribution in [0, 0.1) is 0 Å². The van der Waals surface area contributed by atoms with Crippen molar-refractivity contribution in [3.05, 3.63) is 24.3 Å². The molecule has 6 heteroatoms. The first-order chi connectivity index (χ1) is 12.1. The zero-order chi connectivity index (χ0) is 18.1. The van der Waals surface area contributed by atoms with Gasteiger partial charge in [0.05, 0.1) is 5.69 Å². The standard InChI is InChI=1S/C19H28N2O4/c1-3-4-13-24-14-7-11-20-18(22)10-12-21-16-8-5-6-9-17(16)25-15(2)19(21)23/h5-6,8-9,15H,3-4,7,10-14H2,1-2H3,(H,20,22). The molecule has 1 aliphatic rings. The van der Waals surface area contributed by atoms with Crippen LogP contribution in [0.4, 0.5) is 5.69 Å². The van der Waals surface area contributed by atoms with Gasteiger partial charge in [-0.3, -0.25) is 9.59 Å². The van der Waals surface area contributed by atoms with Gasteiger partial charge in [-0.1, -0.05) is 25.5 Å². The van der Waals surface area contributed by atoms with E-state index in [0.717, 1.165) is 31.6 Å². The minimum atomic E-state index is -0.529. The highest BCUT2D eigenvalue weighted by Crippen LogP contribution is 2.33. The summed E-state index contributed by atoms with van der Waals surface area (Å²) >= 11 is 0. The van der Waals surface area contributed by atoms with E-state index >= 15 is 0 Å². The molecule has 1 N–H and O–H groups in total. The van der Waals surface area contributed by atoms with Crippen LogP contribution in [0.1, 0.15) is 39.5 Å². The van der Waals surface area contributed by atoms with Crippen LogP contribution in [0.5, 0.6) is 5.75 Å². The number of carbonyl (C=O) groups excluding carboxylic acids is 2. The Morgan fingerprint density at radius 1 is 1.28 bits per heavy atom. The number of ether oxygens (including phenoxy) is 2. The van der Waals surface area contributed by atoms with Crippen molar-refractivity contribution in [3.63, 3.8) is 0 Å². The zero-order valence-corrected chi connectivity index (χ0v) is 15.1. The average Bonchev–Trinajstić information content (AvgIpc) is 2.61. The quantitative estimate of drug-likeness (QED) is 0.660. The number of amides is 2. The predicted octanol–water partition coefficient (Wildman–Crippen LogP) is 2.51. The van der Waals surface area contributed by atoms with Crippen molar-refractivity contribution in [2.45, 2.75) is 45.6 Å². The van der Waals surface area contributed by atoms with E-state index in [0.29, 0.717) is 25.4 Å². The van der Waals surface area contributed by atoms with Gasteiger partial charge >= 0.3 is 0 Å². The molecule has 1 aromatic rings. The maximum absolute atomic E-state index is 12.3. The molecule has 0 fully saturated rings. The number of nitrogens with zero attached hydrogens (tertiary/aromatic N) is 1. The van der Waals surface area contributed by atoms with E-state index in [9.17, 15) is 9.59 Å². The molecule has 2 amide bonds. The van der Waals surface area contributed by atoms with Gasteiger partial charge in [0.15, 0.2) is 6.10 Å². The zero-order valence-electron chi connectivity index (χ0n) is 15.1. The van der Waals surface area contributed by atoms with Gasteiger partial charge in [0.1, 0.15) is 5.75 Å². The van der Waals surface area contributed by atoms with Crippen molar-refractivity contribution in [2.75, 3.05) is 31.2 Å². The van der Waals surface area contributed by atoms with Crippen molar-refractivity contribution in [1.82, 2.24) is 5.32 Å². The molecule has 0 aliphatic carbocycles. The van der Waals surface area contributed by atoms with Crippen molar-refractivity contribution in [2.24, 2.45) is 0 Å². The van der Waals surface area contributed by atoms with Crippen molar-refractivity contribution < 1.29 is 19.1 Å². The van der Waals surface area contributed by atoms with Gasteiger partial charge in [-0.15, -0.1) is 0 Å². The number of nitrogens with one attached hydrogen (secondary N) is 1. The topological polar surface area (TPSA) is 67.9 Å². The van der Waals surface area contributed by atoms with Gasteiger partial charge in [-0.25, -0.2) is 0 Å². The van der Waals surface area contributed by atoms with Gasteiger partial charge in [0.2, 0.25) is 5.91 Å². The summed E-state index contributed by atoms with van der Waals surface area (Å²) in [6, 6.07) is 7.40. The Bertz CT molecular complexity index is 576. The summed E-state index contributed by atoms with van der Waals surface area (Å²) in [6.07, 6.45) is 2.73. The lowest BCUT2D eigenvalue weighted by atomic mass is 10.1. The number of benzene rings is 1.